The molecule has 10 heteroatoms. The summed E-state index contributed by atoms with van der Waals surface area (Å²) in [4.78, 5) is 53.6. The highest BCUT2D eigenvalue weighted by molar-refractivity contribution is 5.99. The van der Waals surface area contributed by atoms with Crippen LogP contribution in [-0.4, -0.2) is 86.2 Å². The Labute approximate surface area is 187 Å². The summed E-state index contributed by atoms with van der Waals surface area (Å²) in [6, 6.07) is 7.10. The Balaban J connectivity index is 1.44. The number of carbonyl (C=O) groups excluding carboxylic acids is 4. The van der Waals surface area contributed by atoms with Gasteiger partial charge in [-0.05, 0) is 38.1 Å². The molecule has 2 heterocycles. The second-order valence-corrected chi connectivity index (χ2v) is 7.51. The van der Waals surface area contributed by atoms with Crippen LogP contribution >= 0.6 is 0 Å². The number of piperazine rings is 1. The molecule has 10 nitrogen and oxygen atoms in total. The van der Waals surface area contributed by atoms with Crippen molar-refractivity contribution < 1.29 is 33.4 Å². The molecule has 0 radical (unpaired) electrons. The zero-order valence-corrected chi connectivity index (χ0v) is 18.5. The number of nitrogens with zero attached hydrogens (tertiary/aromatic N) is 3. The number of hydrogen-bond donors (Lipinski definition) is 0. The van der Waals surface area contributed by atoms with Gasteiger partial charge >= 0.3 is 12.1 Å². The highest BCUT2D eigenvalue weighted by Gasteiger charge is 2.36. The zero-order valence-electron chi connectivity index (χ0n) is 18.5. The highest BCUT2D eigenvalue weighted by Crippen LogP contribution is 2.27. The van der Waals surface area contributed by atoms with E-state index in [1.807, 2.05) is 6.92 Å². The summed E-state index contributed by atoms with van der Waals surface area (Å²) in [5.41, 5.74) is 0.685. The molecule has 0 bridgehead atoms. The molecule has 2 fully saturated rings. The van der Waals surface area contributed by atoms with Crippen LogP contribution in [-0.2, 0) is 23.9 Å². The summed E-state index contributed by atoms with van der Waals surface area (Å²) in [6.07, 6.45) is -0.354. The fourth-order valence-corrected chi connectivity index (χ4v) is 3.70. The molecule has 174 valence electrons. The highest BCUT2D eigenvalue weighted by atomic mass is 16.6. The number of ether oxygens (including phenoxy) is 3. The van der Waals surface area contributed by atoms with E-state index >= 15 is 0 Å². The summed E-state index contributed by atoms with van der Waals surface area (Å²) >= 11 is 0. The van der Waals surface area contributed by atoms with Crippen molar-refractivity contribution >= 4 is 29.6 Å². The van der Waals surface area contributed by atoms with Crippen LogP contribution in [0.2, 0.25) is 0 Å². The molecule has 3 rings (SSSR count). The molecule has 1 atom stereocenters. The van der Waals surface area contributed by atoms with Crippen molar-refractivity contribution in [2.24, 2.45) is 5.92 Å². The molecule has 1 aromatic carbocycles. The topological polar surface area (TPSA) is 106 Å². The van der Waals surface area contributed by atoms with Gasteiger partial charge in [0.15, 0.2) is 6.61 Å². The quantitative estimate of drug-likeness (QED) is 0.580. The predicted octanol–water partition coefficient (Wildman–Crippen LogP) is 1.28. The molecular weight excluding hydrogens is 418 g/mol. The van der Waals surface area contributed by atoms with E-state index in [-0.39, 0.29) is 31.4 Å². The standard InChI is InChI=1S/C22H29N3O7/c1-3-30-18-7-5-17(6-8-18)25-14-16(13-19(25)26)21(28)32-15-20(27)23-9-11-24(12-10-23)22(29)31-4-2/h5-8,16H,3-4,9-15H2,1-2H3. The van der Waals surface area contributed by atoms with E-state index in [0.717, 1.165) is 0 Å². The third kappa shape index (κ3) is 5.68. The van der Waals surface area contributed by atoms with Crippen LogP contribution in [0.15, 0.2) is 24.3 Å². The van der Waals surface area contributed by atoms with Crippen LogP contribution in [0.3, 0.4) is 0 Å². The van der Waals surface area contributed by atoms with Crippen molar-refractivity contribution in [3.63, 3.8) is 0 Å². The molecule has 0 aromatic heterocycles. The maximum atomic E-state index is 12.4. The number of rotatable bonds is 7. The van der Waals surface area contributed by atoms with Gasteiger partial charge in [0, 0.05) is 44.8 Å². The lowest BCUT2D eigenvalue weighted by atomic mass is 10.1. The average Bonchev–Trinajstić information content (AvgIpc) is 3.20. The summed E-state index contributed by atoms with van der Waals surface area (Å²) in [5, 5.41) is 0. The third-order valence-electron chi connectivity index (χ3n) is 5.41. The van der Waals surface area contributed by atoms with Gasteiger partial charge in [0.25, 0.3) is 5.91 Å². The van der Waals surface area contributed by atoms with E-state index in [9.17, 15) is 19.2 Å². The first-order valence-corrected chi connectivity index (χ1v) is 10.8. The van der Waals surface area contributed by atoms with Gasteiger partial charge in [-0.25, -0.2) is 4.79 Å². The lowest BCUT2D eigenvalue weighted by Gasteiger charge is -2.33. The van der Waals surface area contributed by atoms with Gasteiger partial charge < -0.3 is 28.9 Å². The van der Waals surface area contributed by atoms with Crippen molar-refractivity contribution in [1.29, 1.82) is 0 Å². The first-order chi connectivity index (χ1) is 15.4. The number of hydrogen-bond acceptors (Lipinski definition) is 7. The van der Waals surface area contributed by atoms with E-state index in [1.165, 1.54) is 4.90 Å². The van der Waals surface area contributed by atoms with Crippen LogP contribution in [0.4, 0.5) is 10.5 Å². The molecule has 0 spiro atoms. The molecule has 0 saturated carbocycles. The Morgan fingerprint density at radius 2 is 1.59 bits per heavy atom. The van der Waals surface area contributed by atoms with E-state index in [4.69, 9.17) is 14.2 Å². The first kappa shape index (κ1) is 23.4. The summed E-state index contributed by atoms with van der Waals surface area (Å²) in [7, 11) is 0. The van der Waals surface area contributed by atoms with E-state index < -0.39 is 18.0 Å². The molecular formula is C22H29N3O7. The predicted molar refractivity (Wildman–Crippen MR) is 114 cm³/mol. The summed E-state index contributed by atoms with van der Waals surface area (Å²) < 4.78 is 15.6. The molecule has 0 aliphatic carbocycles. The lowest BCUT2D eigenvalue weighted by molar-refractivity contribution is -0.155. The molecule has 0 N–H and O–H groups in total. The second kappa shape index (κ2) is 10.8. The Morgan fingerprint density at radius 3 is 2.22 bits per heavy atom. The van der Waals surface area contributed by atoms with Crippen molar-refractivity contribution in [3.8, 4) is 5.75 Å². The number of amides is 3. The van der Waals surface area contributed by atoms with E-state index in [2.05, 4.69) is 0 Å². The first-order valence-electron chi connectivity index (χ1n) is 10.8. The minimum Gasteiger partial charge on any atom is -0.494 e. The van der Waals surface area contributed by atoms with Crippen molar-refractivity contribution in [1.82, 2.24) is 9.80 Å². The molecule has 1 unspecified atom stereocenters. The van der Waals surface area contributed by atoms with Gasteiger partial charge in [-0.3, -0.25) is 14.4 Å². The zero-order chi connectivity index (χ0) is 23.1. The maximum Gasteiger partial charge on any atom is 0.409 e. The monoisotopic (exact) mass is 447 g/mol. The van der Waals surface area contributed by atoms with Crippen LogP contribution in [0.5, 0.6) is 5.75 Å². The van der Waals surface area contributed by atoms with Crippen molar-refractivity contribution in [2.75, 3.05) is 57.4 Å². The smallest absolute Gasteiger partial charge is 0.409 e. The fraction of sp³-hybridized carbons (Fsp3) is 0.545. The normalized spacial score (nSPS) is 18.5. The van der Waals surface area contributed by atoms with Crippen molar-refractivity contribution in [3.05, 3.63) is 24.3 Å². The fourth-order valence-electron chi connectivity index (χ4n) is 3.70. The Hall–Kier alpha value is -3.30. The van der Waals surface area contributed by atoms with E-state index in [1.54, 1.807) is 41.0 Å². The van der Waals surface area contributed by atoms with Gasteiger partial charge in [0.2, 0.25) is 5.91 Å². The minimum absolute atomic E-state index is 0.0401. The largest absolute Gasteiger partial charge is 0.494 e. The van der Waals surface area contributed by atoms with Crippen LogP contribution in [0.25, 0.3) is 0 Å². The van der Waals surface area contributed by atoms with Gasteiger partial charge in [-0.15, -0.1) is 0 Å². The molecule has 2 saturated heterocycles. The maximum absolute atomic E-state index is 12.4. The Kier molecular flexibility index (Phi) is 7.91. The summed E-state index contributed by atoms with van der Waals surface area (Å²) in [6.45, 7) is 5.74. The average molecular weight is 447 g/mol. The SMILES string of the molecule is CCOC(=O)N1CCN(C(=O)COC(=O)C2CC(=O)N(c3ccc(OCC)cc3)C2)CC1. The molecule has 3 amide bonds. The molecule has 2 aliphatic rings. The van der Waals surface area contributed by atoms with Crippen molar-refractivity contribution in [2.45, 2.75) is 20.3 Å². The molecule has 1 aromatic rings. The van der Waals surface area contributed by atoms with Crippen LogP contribution < -0.4 is 9.64 Å². The van der Waals surface area contributed by atoms with Crippen LogP contribution in [0, 0.1) is 5.92 Å². The van der Waals surface area contributed by atoms with Gasteiger partial charge in [0.1, 0.15) is 5.75 Å². The third-order valence-corrected chi connectivity index (χ3v) is 5.41. The van der Waals surface area contributed by atoms with Gasteiger partial charge in [0.05, 0.1) is 19.1 Å². The second-order valence-electron chi connectivity index (χ2n) is 7.51. The number of benzene rings is 1. The molecule has 32 heavy (non-hydrogen) atoms. The van der Waals surface area contributed by atoms with Gasteiger partial charge in [-0.2, -0.15) is 0 Å². The molecule has 2 aliphatic heterocycles. The Bertz CT molecular complexity index is 834. The number of carbonyl (C=O) groups is 4. The van der Waals surface area contributed by atoms with Gasteiger partial charge in [-0.1, -0.05) is 0 Å². The van der Waals surface area contributed by atoms with Crippen LogP contribution in [0.1, 0.15) is 20.3 Å². The lowest BCUT2D eigenvalue weighted by Crippen LogP contribution is -2.51. The van der Waals surface area contributed by atoms with E-state index in [0.29, 0.717) is 50.8 Å². The number of esters is 1. The Morgan fingerprint density at radius 1 is 0.938 bits per heavy atom. The summed E-state index contributed by atoms with van der Waals surface area (Å²) in [5.74, 6) is -0.972. The minimum atomic E-state index is -0.623. The number of anilines is 1.